The molecule has 0 bridgehead atoms. The van der Waals surface area contributed by atoms with Crippen molar-refractivity contribution in [2.45, 2.75) is 11.4 Å². The van der Waals surface area contributed by atoms with Gasteiger partial charge in [-0.25, -0.2) is 14.8 Å². The fraction of sp³-hybridized carbons (Fsp3) is 0.154. The van der Waals surface area contributed by atoms with Gasteiger partial charge in [0.1, 0.15) is 11.9 Å². The van der Waals surface area contributed by atoms with Gasteiger partial charge in [-0.15, -0.1) is 11.8 Å². The van der Waals surface area contributed by atoms with E-state index in [1.807, 2.05) is 30.5 Å². The van der Waals surface area contributed by atoms with Gasteiger partial charge in [-0.2, -0.15) is 0 Å². The third kappa shape index (κ3) is 3.23. The standard InChI is InChI=1S/C13H13N3O2S/c1-19-12-5-3-2-4-10(12)15-7-11-9(13(17)18)6-14-8-16-11/h2-6,8,15H,7H2,1H3,(H,17,18). The highest BCUT2D eigenvalue weighted by Crippen LogP contribution is 2.25. The van der Waals surface area contributed by atoms with Gasteiger partial charge in [0.25, 0.3) is 0 Å². The molecule has 6 heteroatoms. The van der Waals surface area contributed by atoms with Crippen LogP contribution in [0.1, 0.15) is 16.1 Å². The summed E-state index contributed by atoms with van der Waals surface area (Å²) in [6.07, 6.45) is 4.66. The highest BCUT2D eigenvalue weighted by Gasteiger charge is 2.11. The number of benzene rings is 1. The maximum absolute atomic E-state index is 11.0. The molecule has 0 fully saturated rings. The molecule has 5 nitrogen and oxygen atoms in total. The van der Waals surface area contributed by atoms with E-state index in [0.29, 0.717) is 12.2 Å². The van der Waals surface area contributed by atoms with Crippen LogP contribution in [0.15, 0.2) is 41.7 Å². The first-order valence-electron chi connectivity index (χ1n) is 5.61. The fourth-order valence-electron chi connectivity index (χ4n) is 1.64. The van der Waals surface area contributed by atoms with Gasteiger partial charge in [-0.1, -0.05) is 12.1 Å². The summed E-state index contributed by atoms with van der Waals surface area (Å²) in [4.78, 5) is 19.9. The van der Waals surface area contributed by atoms with E-state index in [-0.39, 0.29) is 5.56 Å². The van der Waals surface area contributed by atoms with Gasteiger partial charge in [0.15, 0.2) is 0 Å². The van der Waals surface area contributed by atoms with Crippen molar-refractivity contribution in [3.63, 3.8) is 0 Å². The Balaban J connectivity index is 2.17. The van der Waals surface area contributed by atoms with Crippen molar-refractivity contribution in [2.75, 3.05) is 11.6 Å². The Hall–Kier alpha value is -2.08. The number of hydrogen-bond donors (Lipinski definition) is 2. The molecule has 1 heterocycles. The lowest BCUT2D eigenvalue weighted by Crippen LogP contribution is -2.10. The van der Waals surface area contributed by atoms with Gasteiger partial charge in [-0.3, -0.25) is 0 Å². The van der Waals surface area contributed by atoms with Gasteiger partial charge in [0.2, 0.25) is 0 Å². The number of nitrogens with one attached hydrogen (secondary N) is 1. The fourth-order valence-corrected chi connectivity index (χ4v) is 2.22. The third-order valence-corrected chi connectivity index (χ3v) is 3.37. The molecule has 2 N–H and O–H groups in total. The maximum atomic E-state index is 11.0. The zero-order valence-corrected chi connectivity index (χ0v) is 11.1. The van der Waals surface area contributed by atoms with E-state index in [9.17, 15) is 4.79 Å². The average molecular weight is 275 g/mol. The summed E-state index contributed by atoms with van der Waals surface area (Å²) in [5, 5.41) is 12.3. The summed E-state index contributed by atoms with van der Waals surface area (Å²) < 4.78 is 0. The van der Waals surface area contributed by atoms with Crippen LogP contribution in [0.5, 0.6) is 0 Å². The lowest BCUT2D eigenvalue weighted by Gasteiger charge is -2.10. The van der Waals surface area contributed by atoms with Crippen LogP contribution in [0.3, 0.4) is 0 Å². The molecule has 0 aliphatic rings. The van der Waals surface area contributed by atoms with Crippen LogP contribution >= 0.6 is 11.8 Å². The minimum atomic E-state index is -1.02. The second-order valence-corrected chi connectivity index (χ2v) is 4.59. The van der Waals surface area contributed by atoms with Crippen LogP contribution in [0.25, 0.3) is 0 Å². The van der Waals surface area contributed by atoms with E-state index in [1.54, 1.807) is 11.8 Å². The smallest absolute Gasteiger partial charge is 0.339 e. The number of rotatable bonds is 5. The maximum Gasteiger partial charge on any atom is 0.339 e. The minimum Gasteiger partial charge on any atom is -0.478 e. The number of aromatic carboxylic acids is 1. The second-order valence-electron chi connectivity index (χ2n) is 3.74. The largest absolute Gasteiger partial charge is 0.478 e. The summed E-state index contributed by atoms with van der Waals surface area (Å²) in [5.74, 6) is -1.02. The molecule has 0 spiro atoms. The van der Waals surface area contributed by atoms with E-state index < -0.39 is 5.97 Å². The molecule has 0 amide bonds. The zero-order chi connectivity index (χ0) is 13.7. The first kappa shape index (κ1) is 13.4. The molecule has 2 aromatic rings. The van der Waals surface area contributed by atoms with E-state index in [1.165, 1.54) is 12.5 Å². The van der Waals surface area contributed by atoms with Crippen LogP contribution in [-0.4, -0.2) is 27.3 Å². The Kier molecular flexibility index (Phi) is 4.35. The summed E-state index contributed by atoms with van der Waals surface area (Å²) in [6, 6.07) is 7.85. The number of nitrogens with zero attached hydrogens (tertiary/aromatic N) is 2. The summed E-state index contributed by atoms with van der Waals surface area (Å²) in [6.45, 7) is 0.349. The lowest BCUT2D eigenvalue weighted by atomic mass is 10.2. The van der Waals surface area contributed by atoms with Crippen LogP contribution < -0.4 is 5.32 Å². The van der Waals surface area contributed by atoms with Gasteiger partial charge in [0.05, 0.1) is 12.2 Å². The molecule has 0 saturated carbocycles. The normalized spacial score (nSPS) is 10.2. The molecular weight excluding hydrogens is 262 g/mol. The zero-order valence-electron chi connectivity index (χ0n) is 10.3. The summed E-state index contributed by atoms with van der Waals surface area (Å²) >= 11 is 1.63. The number of hydrogen-bond acceptors (Lipinski definition) is 5. The van der Waals surface area contributed by atoms with Crippen molar-refractivity contribution in [1.82, 2.24) is 9.97 Å². The van der Waals surface area contributed by atoms with Crippen LogP contribution in [0, 0.1) is 0 Å². The van der Waals surface area contributed by atoms with Crippen LogP contribution in [0.4, 0.5) is 5.69 Å². The number of thioether (sulfide) groups is 1. The van der Waals surface area contributed by atoms with Crippen LogP contribution in [0.2, 0.25) is 0 Å². The van der Waals surface area contributed by atoms with E-state index in [0.717, 1.165) is 10.6 Å². The molecule has 0 radical (unpaired) electrons. The number of anilines is 1. The molecule has 1 aromatic carbocycles. The van der Waals surface area contributed by atoms with Gasteiger partial charge >= 0.3 is 5.97 Å². The van der Waals surface area contributed by atoms with Gasteiger partial charge in [-0.05, 0) is 18.4 Å². The van der Waals surface area contributed by atoms with Crippen molar-refractivity contribution in [3.8, 4) is 0 Å². The van der Waals surface area contributed by atoms with Gasteiger partial charge in [0, 0.05) is 16.8 Å². The highest BCUT2D eigenvalue weighted by molar-refractivity contribution is 7.98. The third-order valence-electron chi connectivity index (χ3n) is 2.58. The monoisotopic (exact) mass is 275 g/mol. The van der Waals surface area contributed by atoms with Crippen molar-refractivity contribution in [3.05, 3.63) is 48.0 Å². The molecule has 0 saturated heterocycles. The molecular formula is C13H13N3O2S. The lowest BCUT2D eigenvalue weighted by molar-refractivity contribution is 0.0694. The van der Waals surface area contributed by atoms with Crippen molar-refractivity contribution >= 4 is 23.4 Å². The first-order valence-corrected chi connectivity index (χ1v) is 6.84. The Labute approximate surface area is 115 Å². The number of aromatic nitrogens is 2. The van der Waals surface area contributed by atoms with Crippen molar-refractivity contribution < 1.29 is 9.90 Å². The second kappa shape index (κ2) is 6.19. The van der Waals surface area contributed by atoms with Gasteiger partial charge < -0.3 is 10.4 Å². The van der Waals surface area contributed by atoms with E-state index in [2.05, 4.69) is 15.3 Å². The SMILES string of the molecule is CSc1ccccc1NCc1ncncc1C(=O)O. The minimum absolute atomic E-state index is 0.122. The van der Waals surface area contributed by atoms with Crippen LogP contribution in [-0.2, 0) is 6.54 Å². The van der Waals surface area contributed by atoms with E-state index in [4.69, 9.17) is 5.11 Å². The molecule has 19 heavy (non-hydrogen) atoms. The van der Waals surface area contributed by atoms with E-state index >= 15 is 0 Å². The molecule has 0 aliphatic carbocycles. The molecule has 0 atom stereocenters. The summed E-state index contributed by atoms with van der Waals surface area (Å²) in [7, 11) is 0. The van der Waals surface area contributed by atoms with Crippen molar-refractivity contribution in [2.24, 2.45) is 0 Å². The quantitative estimate of drug-likeness (QED) is 0.817. The Morgan fingerprint density at radius 3 is 2.95 bits per heavy atom. The first-order chi connectivity index (χ1) is 9.22. The number of para-hydroxylation sites is 1. The average Bonchev–Trinajstić information content (AvgIpc) is 2.45. The Morgan fingerprint density at radius 1 is 1.42 bits per heavy atom. The molecule has 0 unspecified atom stereocenters. The molecule has 2 rings (SSSR count). The topological polar surface area (TPSA) is 75.1 Å². The predicted octanol–water partition coefficient (Wildman–Crippen LogP) is 2.51. The Bertz CT molecular complexity index is 590. The molecule has 0 aliphatic heterocycles. The predicted molar refractivity (Wildman–Crippen MR) is 74.5 cm³/mol. The Morgan fingerprint density at radius 2 is 2.21 bits per heavy atom. The summed E-state index contributed by atoms with van der Waals surface area (Å²) in [5.41, 5.74) is 1.56. The molecule has 1 aromatic heterocycles. The highest BCUT2D eigenvalue weighted by atomic mass is 32.2. The van der Waals surface area contributed by atoms with Crippen molar-refractivity contribution in [1.29, 1.82) is 0 Å². The number of carboxylic acid groups (broad SMARTS) is 1. The number of carbonyl (C=O) groups is 1. The molecule has 98 valence electrons. The number of carboxylic acids is 1.